The van der Waals surface area contributed by atoms with Crippen LogP contribution in [0.1, 0.15) is 22.8 Å². The molecule has 4 nitrogen and oxygen atoms in total. The van der Waals surface area contributed by atoms with Crippen LogP contribution in [0.15, 0.2) is 42.5 Å². The first-order chi connectivity index (χ1) is 10.0. The molecule has 3 N–H and O–H groups in total. The fraction of sp³-hybridized carbons (Fsp3) is 0.188. The molecular formula is C16H17ClN2O2. The summed E-state index contributed by atoms with van der Waals surface area (Å²) in [6, 6.07) is 12.4. The molecule has 0 aliphatic rings. The zero-order chi connectivity index (χ0) is 15.4. The number of benzene rings is 2. The molecule has 0 heterocycles. The van der Waals surface area contributed by atoms with Crippen LogP contribution in [0.2, 0.25) is 5.02 Å². The minimum atomic E-state index is -0.984. The van der Waals surface area contributed by atoms with Crippen molar-refractivity contribution in [1.29, 1.82) is 0 Å². The van der Waals surface area contributed by atoms with E-state index in [1.807, 2.05) is 31.2 Å². The highest BCUT2D eigenvalue weighted by atomic mass is 35.5. The molecule has 0 fully saturated rings. The molecular weight excluding hydrogens is 288 g/mol. The molecule has 0 saturated heterocycles. The largest absolute Gasteiger partial charge is 0.478 e. The van der Waals surface area contributed by atoms with Gasteiger partial charge in [-0.25, -0.2) is 4.79 Å². The quantitative estimate of drug-likeness (QED) is 0.828. The Labute approximate surface area is 128 Å². The van der Waals surface area contributed by atoms with Crippen LogP contribution in [0.5, 0.6) is 0 Å². The molecule has 21 heavy (non-hydrogen) atoms. The number of hydrogen-bond acceptors (Lipinski definition) is 3. The highest BCUT2D eigenvalue weighted by molar-refractivity contribution is 6.31. The van der Waals surface area contributed by atoms with Gasteiger partial charge in [-0.3, -0.25) is 0 Å². The van der Waals surface area contributed by atoms with E-state index in [2.05, 4.69) is 4.90 Å². The summed E-state index contributed by atoms with van der Waals surface area (Å²) in [4.78, 5) is 13.0. The van der Waals surface area contributed by atoms with Gasteiger partial charge in [0.25, 0.3) is 0 Å². The summed E-state index contributed by atoms with van der Waals surface area (Å²) < 4.78 is 0. The van der Waals surface area contributed by atoms with Crippen LogP contribution in [0.4, 0.5) is 11.4 Å². The summed E-state index contributed by atoms with van der Waals surface area (Å²) in [6.07, 6.45) is 0. The fourth-order valence-electron chi connectivity index (χ4n) is 2.18. The van der Waals surface area contributed by atoms with E-state index in [4.69, 9.17) is 22.4 Å². The fourth-order valence-corrected chi connectivity index (χ4v) is 2.37. The molecule has 0 aliphatic carbocycles. The minimum Gasteiger partial charge on any atom is -0.478 e. The van der Waals surface area contributed by atoms with Gasteiger partial charge in [-0.15, -0.1) is 0 Å². The molecule has 0 spiro atoms. The average molecular weight is 305 g/mol. The molecule has 0 bridgehead atoms. The Morgan fingerprint density at radius 3 is 2.57 bits per heavy atom. The van der Waals surface area contributed by atoms with Gasteiger partial charge in [0.05, 0.1) is 16.9 Å². The number of carbonyl (C=O) groups is 1. The van der Waals surface area contributed by atoms with Crippen LogP contribution in [-0.2, 0) is 6.54 Å². The first-order valence-electron chi connectivity index (χ1n) is 6.64. The molecule has 110 valence electrons. The van der Waals surface area contributed by atoms with Gasteiger partial charge in [0, 0.05) is 18.1 Å². The Morgan fingerprint density at radius 1 is 1.29 bits per heavy atom. The van der Waals surface area contributed by atoms with E-state index in [1.54, 1.807) is 12.1 Å². The number of nitrogens with two attached hydrogens (primary N) is 1. The number of nitrogen functional groups attached to an aromatic ring is 1. The number of halogens is 1. The van der Waals surface area contributed by atoms with Crippen LogP contribution >= 0.6 is 11.6 Å². The van der Waals surface area contributed by atoms with Gasteiger partial charge in [-0.2, -0.15) is 0 Å². The van der Waals surface area contributed by atoms with Crippen molar-refractivity contribution in [1.82, 2.24) is 0 Å². The van der Waals surface area contributed by atoms with Crippen molar-refractivity contribution >= 4 is 28.9 Å². The second kappa shape index (κ2) is 6.50. The molecule has 0 atom stereocenters. The number of nitrogens with zero attached hydrogens (tertiary/aromatic N) is 1. The molecule has 0 saturated carbocycles. The topological polar surface area (TPSA) is 66.6 Å². The molecule has 5 heteroatoms. The van der Waals surface area contributed by atoms with Crippen LogP contribution < -0.4 is 10.6 Å². The maximum absolute atomic E-state index is 11.0. The lowest BCUT2D eigenvalue weighted by Crippen LogP contribution is -2.23. The monoisotopic (exact) mass is 304 g/mol. The highest BCUT2D eigenvalue weighted by Gasteiger charge is 2.12. The third-order valence-electron chi connectivity index (χ3n) is 3.32. The predicted molar refractivity (Wildman–Crippen MR) is 86.0 cm³/mol. The Kier molecular flexibility index (Phi) is 4.70. The lowest BCUT2D eigenvalue weighted by molar-refractivity contribution is 0.0697. The third-order valence-corrected chi connectivity index (χ3v) is 3.68. The Bertz CT molecular complexity index is 658. The van der Waals surface area contributed by atoms with Gasteiger partial charge < -0.3 is 15.7 Å². The molecule has 2 aromatic carbocycles. The van der Waals surface area contributed by atoms with Gasteiger partial charge in [0.15, 0.2) is 0 Å². The van der Waals surface area contributed by atoms with Crippen molar-refractivity contribution in [3.8, 4) is 0 Å². The van der Waals surface area contributed by atoms with Crippen LogP contribution in [0.3, 0.4) is 0 Å². The number of aromatic carboxylic acids is 1. The summed E-state index contributed by atoms with van der Waals surface area (Å²) in [5.41, 5.74) is 8.43. The van der Waals surface area contributed by atoms with Crippen molar-refractivity contribution in [3.05, 3.63) is 58.6 Å². The van der Waals surface area contributed by atoms with Crippen LogP contribution in [0.25, 0.3) is 0 Å². The smallest absolute Gasteiger partial charge is 0.335 e. The molecule has 2 aromatic rings. The number of anilines is 2. The summed E-state index contributed by atoms with van der Waals surface area (Å²) >= 11 is 6.18. The van der Waals surface area contributed by atoms with E-state index in [1.165, 1.54) is 6.07 Å². The van der Waals surface area contributed by atoms with E-state index in [-0.39, 0.29) is 5.56 Å². The number of carboxylic acids is 1. The van der Waals surface area contributed by atoms with Crippen molar-refractivity contribution in [2.24, 2.45) is 0 Å². The second-order valence-electron chi connectivity index (χ2n) is 4.68. The van der Waals surface area contributed by atoms with Gasteiger partial charge >= 0.3 is 5.97 Å². The van der Waals surface area contributed by atoms with Gasteiger partial charge in [-0.1, -0.05) is 29.8 Å². The lowest BCUT2D eigenvalue weighted by atomic mass is 10.1. The maximum atomic E-state index is 11.0. The maximum Gasteiger partial charge on any atom is 0.335 e. The van der Waals surface area contributed by atoms with Gasteiger partial charge in [0.2, 0.25) is 0 Å². The van der Waals surface area contributed by atoms with Crippen LogP contribution in [0, 0.1) is 0 Å². The second-order valence-corrected chi connectivity index (χ2v) is 5.09. The van der Waals surface area contributed by atoms with Crippen molar-refractivity contribution in [3.63, 3.8) is 0 Å². The van der Waals surface area contributed by atoms with Crippen molar-refractivity contribution < 1.29 is 9.90 Å². The zero-order valence-electron chi connectivity index (χ0n) is 11.7. The SMILES string of the molecule is CCN(Cc1ccccc1Cl)c1ccc(C(=O)O)cc1N. The lowest BCUT2D eigenvalue weighted by Gasteiger charge is -2.25. The average Bonchev–Trinajstić information content (AvgIpc) is 2.47. The molecule has 0 radical (unpaired) electrons. The third kappa shape index (κ3) is 3.47. The summed E-state index contributed by atoms with van der Waals surface area (Å²) in [5.74, 6) is -0.984. The van der Waals surface area contributed by atoms with Crippen molar-refractivity contribution in [2.75, 3.05) is 17.2 Å². The van der Waals surface area contributed by atoms with Gasteiger partial charge in [-0.05, 0) is 36.8 Å². The van der Waals surface area contributed by atoms with Crippen molar-refractivity contribution in [2.45, 2.75) is 13.5 Å². The number of hydrogen-bond donors (Lipinski definition) is 2. The van der Waals surface area contributed by atoms with E-state index in [9.17, 15) is 4.79 Å². The first-order valence-corrected chi connectivity index (χ1v) is 7.02. The van der Waals surface area contributed by atoms with E-state index in [0.717, 1.165) is 17.8 Å². The summed E-state index contributed by atoms with van der Waals surface area (Å²) in [6.45, 7) is 3.37. The van der Waals surface area contributed by atoms with Crippen LogP contribution in [-0.4, -0.2) is 17.6 Å². The summed E-state index contributed by atoms with van der Waals surface area (Å²) in [7, 11) is 0. The molecule has 0 aromatic heterocycles. The number of carboxylic acid groups (broad SMARTS) is 1. The van der Waals surface area contributed by atoms with Gasteiger partial charge in [0.1, 0.15) is 0 Å². The highest BCUT2D eigenvalue weighted by Crippen LogP contribution is 2.27. The Hall–Kier alpha value is -2.20. The summed E-state index contributed by atoms with van der Waals surface area (Å²) in [5, 5.41) is 9.69. The first kappa shape index (κ1) is 15.2. The Morgan fingerprint density at radius 2 is 2.00 bits per heavy atom. The minimum absolute atomic E-state index is 0.185. The molecule has 2 rings (SSSR count). The normalized spacial score (nSPS) is 10.4. The Balaban J connectivity index is 2.30. The van der Waals surface area contributed by atoms with E-state index < -0.39 is 5.97 Å². The molecule has 0 aliphatic heterocycles. The molecule has 0 unspecified atom stereocenters. The predicted octanol–water partition coefficient (Wildman–Crippen LogP) is 3.65. The standard InChI is InChI=1S/C16H17ClN2O2/c1-2-19(10-12-5-3-4-6-13(12)17)15-8-7-11(16(20)21)9-14(15)18/h3-9H,2,10,18H2,1H3,(H,20,21). The number of rotatable bonds is 5. The zero-order valence-corrected chi connectivity index (χ0v) is 12.5. The molecule has 0 amide bonds. The van der Waals surface area contributed by atoms with E-state index in [0.29, 0.717) is 17.3 Å². The van der Waals surface area contributed by atoms with E-state index >= 15 is 0 Å².